The van der Waals surface area contributed by atoms with Gasteiger partial charge in [0.2, 0.25) is 0 Å². The number of carbonyl (C=O) groups is 1. The maximum Gasteiger partial charge on any atom is 0.251 e. The lowest BCUT2D eigenvalue weighted by Gasteiger charge is -2.16. The minimum Gasteiger partial charge on any atom is -0.493 e. The van der Waals surface area contributed by atoms with E-state index >= 15 is 0 Å². The summed E-state index contributed by atoms with van der Waals surface area (Å²) in [6.45, 7) is 3.94. The smallest absolute Gasteiger partial charge is 0.251 e. The monoisotopic (exact) mass is 428 g/mol. The van der Waals surface area contributed by atoms with Crippen molar-refractivity contribution in [3.63, 3.8) is 0 Å². The van der Waals surface area contributed by atoms with Gasteiger partial charge in [-0.2, -0.15) is 0 Å². The molecule has 152 valence electrons. The van der Waals surface area contributed by atoms with Crippen molar-refractivity contribution in [3.05, 3.63) is 70.2 Å². The third-order valence-corrected chi connectivity index (χ3v) is 6.64. The fraction of sp³-hybridized carbons (Fsp3) is 0.273. The SMILES string of the molecule is COc1ccc(C(C)NC(=O)c2ccc(CSc3nc(C)cs3)cc2)cc1OC. The number of thioether (sulfide) groups is 1. The minimum atomic E-state index is -0.161. The first-order valence-corrected chi connectivity index (χ1v) is 11.0. The summed E-state index contributed by atoms with van der Waals surface area (Å²) >= 11 is 3.37. The summed E-state index contributed by atoms with van der Waals surface area (Å²) in [6.07, 6.45) is 0. The fourth-order valence-electron chi connectivity index (χ4n) is 2.78. The van der Waals surface area contributed by atoms with Gasteiger partial charge >= 0.3 is 0 Å². The molecular weight excluding hydrogens is 404 g/mol. The Bertz CT molecular complexity index is 970. The first kappa shape index (κ1) is 21.2. The van der Waals surface area contributed by atoms with E-state index in [9.17, 15) is 4.79 Å². The summed E-state index contributed by atoms with van der Waals surface area (Å²) in [4.78, 5) is 17.1. The Morgan fingerprint density at radius 3 is 2.48 bits per heavy atom. The highest BCUT2D eigenvalue weighted by Crippen LogP contribution is 2.30. The molecule has 3 aromatic rings. The Morgan fingerprint density at radius 2 is 1.86 bits per heavy atom. The molecule has 0 saturated heterocycles. The number of hydrogen-bond acceptors (Lipinski definition) is 6. The van der Waals surface area contributed by atoms with Crippen LogP contribution in [-0.4, -0.2) is 25.1 Å². The minimum absolute atomic E-state index is 0.109. The topological polar surface area (TPSA) is 60.5 Å². The second-order valence-electron chi connectivity index (χ2n) is 6.55. The van der Waals surface area contributed by atoms with E-state index in [1.807, 2.05) is 56.3 Å². The maximum absolute atomic E-state index is 12.6. The molecular formula is C22H24N2O3S2. The van der Waals surface area contributed by atoms with Gasteiger partial charge < -0.3 is 14.8 Å². The molecule has 0 spiro atoms. The van der Waals surface area contributed by atoms with Crippen LogP contribution in [0.4, 0.5) is 0 Å². The number of ether oxygens (including phenoxy) is 2. The van der Waals surface area contributed by atoms with E-state index in [0.717, 1.165) is 26.9 Å². The molecule has 1 N–H and O–H groups in total. The number of methoxy groups -OCH3 is 2. The van der Waals surface area contributed by atoms with E-state index in [1.165, 1.54) is 0 Å². The average molecular weight is 429 g/mol. The molecule has 1 amide bonds. The second-order valence-corrected chi connectivity index (χ2v) is 8.63. The number of aromatic nitrogens is 1. The molecule has 1 aromatic heterocycles. The van der Waals surface area contributed by atoms with Crippen LogP contribution < -0.4 is 14.8 Å². The van der Waals surface area contributed by atoms with Crippen LogP contribution in [0.2, 0.25) is 0 Å². The summed E-state index contributed by atoms with van der Waals surface area (Å²) in [5, 5.41) is 5.08. The van der Waals surface area contributed by atoms with Crippen molar-refractivity contribution in [1.82, 2.24) is 10.3 Å². The molecule has 1 heterocycles. The zero-order valence-corrected chi connectivity index (χ0v) is 18.5. The van der Waals surface area contributed by atoms with Crippen molar-refractivity contribution in [2.45, 2.75) is 30.0 Å². The highest BCUT2D eigenvalue weighted by molar-refractivity contribution is 8.00. The van der Waals surface area contributed by atoms with Crippen molar-refractivity contribution in [1.29, 1.82) is 0 Å². The van der Waals surface area contributed by atoms with Crippen LogP contribution >= 0.6 is 23.1 Å². The Morgan fingerprint density at radius 1 is 1.14 bits per heavy atom. The van der Waals surface area contributed by atoms with Gasteiger partial charge in [0.05, 0.1) is 20.3 Å². The zero-order chi connectivity index (χ0) is 20.8. The predicted octanol–water partition coefficient (Wildman–Crippen LogP) is 5.25. The third-order valence-electron chi connectivity index (χ3n) is 4.43. The van der Waals surface area contributed by atoms with Crippen molar-refractivity contribution < 1.29 is 14.3 Å². The quantitative estimate of drug-likeness (QED) is 0.497. The molecule has 0 aliphatic rings. The number of rotatable bonds is 8. The van der Waals surface area contributed by atoms with Gasteiger partial charge in [-0.05, 0) is 49.2 Å². The van der Waals surface area contributed by atoms with E-state index in [1.54, 1.807) is 37.3 Å². The first-order valence-electron chi connectivity index (χ1n) is 9.17. The predicted molar refractivity (Wildman–Crippen MR) is 118 cm³/mol. The molecule has 0 bridgehead atoms. The van der Waals surface area contributed by atoms with E-state index in [4.69, 9.17) is 9.47 Å². The van der Waals surface area contributed by atoms with Gasteiger partial charge in [-0.3, -0.25) is 4.79 Å². The summed E-state index contributed by atoms with van der Waals surface area (Å²) in [5.41, 5.74) is 3.79. The van der Waals surface area contributed by atoms with Crippen LogP contribution in [0.15, 0.2) is 52.2 Å². The van der Waals surface area contributed by atoms with Crippen molar-refractivity contribution in [2.24, 2.45) is 0 Å². The van der Waals surface area contributed by atoms with Gasteiger partial charge in [0, 0.05) is 22.4 Å². The van der Waals surface area contributed by atoms with E-state index in [0.29, 0.717) is 17.1 Å². The Labute approximate surface area is 179 Å². The second kappa shape index (κ2) is 9.80. The van der Waals surface area contributed by atoms with Gasteiger partial charge in [0.15, 0.2) is 11.5 Å². The van der Waals surface area contributed by atoms with Crippen LogP contribution in [0.25, 0.3) is 0 Å². The standard InChI is InChI=1S/C22H24N2O3S2/c1-14-12-28-22(23-14)29-13-16-5-7-17(8-6-16)21(25)24-15(2)18-9-10-19(26-3)20(11-18)27-4/h5-12,15H,13H2,1-4H3,(H,24,25). The number of nitrogens with zero attached hydrogens (tertiary/aromatic N) is 1. The molecule has 2 aromatic carbocycles. The van der Waals surface area contributed by atoms with Gasteiger partial charge in [-0.15, -0.1) is 11.3 Å². The van der Waals surface area contributed by atoms with Crippen molar-refractivity contribution in [2.75, 3.05) is 14.2 Å². The van der Waals surface area contributed by atoms with E-state index in [-0.39, 0.29) is 11.9 Å². The number of aryl methyl sites for hydroxylation is 1. The van der Waals surface area contributed by atoms with Crippen LogP contribution in [0, 0.1) is 6.92 Å². The van der Waals surface area contributed by atoms with Gasteiger partial charge in [0.25, 0.3) is 5.91 Å². The maximum atomic E-state index is 12.6. The summed E-state index contributed by atoms with van der Waals surface area (Å²) < 4.78 is 11.7. The zero-order valence-electron chi connectivity index (χ0n) is 16.9. The largest absolute Gasteiger partial charge is 0.493 e. The third kappa shape index (κ3) is 5.52. The highest BCUT2D eigenvalue weighted by atomic mass is 32.2. The van der Waals surface area contributed by atoms with Crippen LogP contribution in [-0.2, 0) is 5.75 Å². The van der Waals surface area contributed by atoms with Gasteiger partial charge in [0.1, 0.15) is 4.34 Å². The average Bonchev–Trinajstić information content (AvgIpc) is 3.17. The van der Waals surface area contributed by atoms with Crippen LogP contribution in [0.5, 0.6) is 11.5 Å². The van der Waals surface area contributed by atoms with E-state index in [2.05, 4.69) is 15.7 Å². The number of thiazole rings is 1. The van der Waals surface area contributed by atoms with Crippen LogP contribution in [0.1, 0.15) is 40.1 Å². The number of benzene rings is 2. The lowest BCUT2D eigenvalue weighted by Crippen LogP contribution is -2.26. The lowest BCUT2D eigenvalue weighted by atomic mass is 10.1. The summed E-state index contributed by atoms with van der Waals surface area (Å²) in [5.74, 6) is 2.03. The Balaban J connectivity index is 1.60. The molecule has 0 saturated carbocycles. The van der Waals surface area contributed by atoms with Crippen molar-refractivity contribution in [3.8, 4) is 11.5 Å². The number of nitrogens with one attached hydrogen (secondary N) is 1. The Hall–Kier alpha value is -2.51. The molecule has 0 radical (unpaired) electrons. The molecule has 0 aliphatic heterocycles. The summed E-state index contributed by atoms with van der Waals surface area (Å²) in [7, 11) is 3.20. The highest BCUT2D eigenvalue weighted by Gasteiger charge is 2.14. The van der Waals surface area contributed by atoms with Gasteiger partial charge in [-0.1, -0.05) is 30.0 Å². The molecule has 1 atom stereocenters. The normalized spacial score (nSPS) is 11.7. The van der Waals surface area contributed by atoms with Gasteiger partial charge in [-0.25, -0.2) is 4.98 Å². The molecule has 5 nitrogen and oxygen atoms in total. The van der Waals surface area contributed by atoms with E-state index < -0.39 is 0 Å². The number of hydrogen-bond donors (Lipinski definition) is 1. The lowest BCUT2D eigenvalue weighted by molar-refractivity contribution is 0.0940. The molecule has 0 aliphatic carbocycles. The molecule has 0 fully saturated rings. The summed E-state index contributed by atoms with van der Waals surface area (Å²) in [6, 6.07) is 13.2. The fourth-order valence-corrected chi connectivity index (χ4v) is 4.59. The molecule has 29 heavy (non-hydrogen) atoms. The van der Waals surface area contributed by atoms with Crippen LogP contribution in [0.3, 0.4) is 0 Å². The first-order chi connectivity index (χ1) is 14.0. The molecule has 1 unspecified atom stereocenters. The number of amides is 1. The molecule has 7 heteroatoms. The Kier molecular flexibility index (Phi) is 7.17. The number of carbonyl (C=O) groups excluding carboxylic acids is 1. The van der Waals surface area contributed by atoms with Crippen molar-refractivity contribution >= 4 is 29.0 Å². The molecule has 3 rings (SSSR count).